The van der Waals surface area contributed by atoms with Crippen molar-refractivity contribution in [3.8, 4) is 11.5 Å². The lowest BCUT2D eigenvalue weighted by molar-refractivity contribution is 0.140. The summed E-state index contributed by atoms with van der Waals surface area (Å²) in [7, 11) is 1.67. The normalized spacial score (nSPS) is 20.4. The van der Waals surface area contributed by atoms with E-state index in [-0.39, 0.29) is 5.54 Å². The Balaban J connectivity index is 1.77. The molecule has 1 aliphatic rings. The predicted octanol–water partition coefficient (Wildman–Crippen LogP) is 3.76. The van der Waals surface area contributed by atoms with Gasteiger partial charge in [0.2, 0.25) is 0 Å². The highest BCUT2D eigenvalue weighted by molar-refractivity contribution is 5.31. The molecule has 1 aromatic rings. The Kier molecular flexibility index (Phi) is 4.59. The molecule has 0 aliphatic heterocycles. The first-order valence-corrected chi connectivity index (χ1v) is 7.48. The van der Waals surface area contributed by atoms with Gasteiger partial charge in [0, 0.05) is 5.54 Å². The van der Waals surface area contributed by atoms with Gasteiger partial charge in [-0.25, -0.2) is 0 Å². The smallest absolute Gasteiger partial charge is 0.119 e. The number of methoxy groups -OCH3 is 1. The zero-order valence-corrected chi connectivity index (χ0v) is 12.9. The van der Waals surface area contributed by atoms with E-state index in [1.54, 1.807) is 7.11 Å². The van der Waals surface area contributed by atoms with Crippen LogP contribution in [0.5, 0.6) is 11.5 Å². The van der Waals surface area contributed by atoms with E-state index in [0.717, 1.165) is 30.8 Å². The van der Waals surface area contributed by atoms with Crippen LogP contribution in [0.25, 0.3) is 0 Å². The summed E-state index contributed by atoms with van der Waals surface area (Å²) in [6, 6.07) is 7.70. The molecule has 112 valence electrons. The van der Waals surface area contributed by atoms with Gasteiger partial charge in [-0.3, -0.25) is 0 Å². The molecule has 0 radical (unpaired) electrons. The third kappa shape index (κ3) is 4.14. The van der Waals surface area contributed by atoms with Gasteiger partial charge >= 0.3 is 0 Å². The highest BCUT2D eigenvalue weighted by Crippen LogP contribution is 2.40. The fourth-order valence-corrected chi connectivity index (χ4v) is 2.72. The Morgan fingerprint density at radius 1 is 1.00 bits per heavy atom. The maximum Gasteiger partial charge on any atom is 0.119 e. The first-order chi connectivity index (χ1) is 9.42. The van der Waals surface area contributed by atoms with Crippen LogP contribution in [0.2, 0.25) is 0 Å². The number of hydrogen-bond donors (Lipinski definition) is 1. The number of hydrogen-bond acceptors (Lipinski definition) is 3. The predicted molar refractivity (Wildman–Crippen MR) is 82.3 cm³/mol. The van der Waals surface area contributed by atoms with Crippen LogP contribution in [0.3, 0.4) is 0 Å². The Morgan fingerprint density at radius 3 is 2.10 bits per heavy atom. The molecule has 0 saturated heterocycles. The average molecular weight is 277 g/mol. The molecule has 0 atom stereocenters. The molecule has 0 aromatic heterocycles. The summed E-state index contributed by atoms with van der Waals surface area (Å²) in [6.45, 7) is 5.35. The lowest BCUT2D eigenvalue weighted by atomic mass is 9.69. The second kappa shape index (κ2) is 6.04. The molecule has 3 heteroatoms. The highest BCUT2D eigenvalue weighted by atomic mass is 16.5. The van der Waals surface area contributed by atoms with Gasteiger partial charge in [-0.15, -0.1) is 0 Å². The van der Waals surface area contributed by atoms with E-state index in [9.17, 15) is 0 Å². The molecule has 20 heavy (non-hydrogen) atoms. The molecular formula is C17H27NO2. The molecule has 1 saturated carbocycles. The molecule has 1 aromatic carbocycles. The third-order valence-electron chi connectivity index (χ3n) is 4.53. The van der Waals surface area contributed by atoms with E-state index in [2.05, 4.69) is 13.8 Å². The molecule has 2 N–H and O–H groups in total. The van der Waals surface area contributed by atoms with E-state index in [0.29, 0.717) is 12.0 Å². The zero-order valence-electron chi connectivity index (χ0n) is 12.9. The third-order valence-corrected chi connectivity index (χ3v) is 4.53. The molecule has 0 unspecified atom stereocenters. The number of benzene rings is 1. The van der Waals surface area contributed by atoms with Crippen molar-refractivity contribution in [3.05, 3.63) is 24.3 Å². The average Bonchev–Trinajstić information content (AvgIpc) is 2.44. The summed E-state index contributed by atoms with van der Waals surface area (Å²) in [4.78, 5) is 0. The second-order valence-electron chi connectivity index (χ2n) is 6.80. The Bertz CT molecular complexity index is 415. The maximum absolute atomic E-state index is 6.49. The van der Waals surface area contributed by atoms with Crippen LogP contribution < -0.4 is 15.2 Å². The number of nitrogens with two attached hydrogens (primary N) is 1. The van der Waals surface area contributed by atoms with Crippen LogP contribution in [-0.2, 0) is 0 Å². The van der Waals surface area contributed by atoms with Crippen molar-refractivity contribution in [3.63, 3.8) is 0 Å². The lowest BCUT2D eigenvalue weighted by Crippen LogP contribution is -2.46. The summed E-state index contributed by atoms with van der Waals surface area (Å²) in [6.07, 6.45) is 5.56. The summed E-state index contributed by atoms with van der Waals surface area (Å²) in [5.41, 5.74) is 6.91. The van der Waals surface area contributed by atoms with Crippen molar-refractivity contribution in [1.82, 2.24) is 0 Å². The lowest BCUT2D eigenvalue weighted by Gasteiger charge is -2.41. The monoisotopic (exact) mass is 277 g/mol. The molecule has 0 amide bonds. The molecular weight excluding hydrogens is 250 g/mol. The SMILES string of the molecule is COc1ccc(OCCC2(N)CCC(C)(C)CC2)cc1. The first-order valence-electron chi connectivity index (χ1n) is 7.48. The number of ether oxygens (including phenoxy) is 2. The molecule has 1 fully saturated rings. The van der Waals surface area contributed by atoms with Crippen LogP contribution in [0, 0.1) is 5.41 Å². The van der Waals surface area contributed by atoms with Crippen molar-refractivity contribution in [1.29, 1.82) is 0 Å². The summed E-state index contributed by atoms with van der Waals surface area (Å²) >= 11 is 0. The maximum atomic E-state index is 6.49. The van der Waals surface area contributed by atoms with Crippen molar-refractivity contribution in [2.75, 3.05) is 13.7 Å². The van der Waals surface area contributed by atoms with Crippen LogP contribution in [0.15, 0.2) is 24.3 Å². The Labute approximate surface area is 122 Å². The summed E-state index contributed by atoms with van der Waals surface area (Å²) < 4.78 is 10.9. The molecule has 1 aliphatic carbocycles. The number of rotatable bonds is 5. The van der Waals surface area contributed by atoms with Gasteiger partial charge in [-0.1, -0.05) is 13.8 Å². The van der Waals surface area contributed by atoms with Gasteiger partial charge in [0.15, 0.2) is 0 Å². The van der Waals surface area contributed by atoms with Gasteiger partial charge in [0.05, 0.1) is 13.7 Å². The molecule has 0 bridgehead atoms. The summed E-state index contributed by atoms with van der Waals surface area (Å²) in [5.74, 6) is 1.73. The van der Waals surface area contributed by atoms with Gasteiger partial charge in [0.1, 0.15) is 11.5 Å². The minimum atomic E-state index is -0.0397. The standard InChI is InChI=1S/C17H27NO2/c1-16(2)8-10-17(18,11-9-16)12-13-20-15-6-4-14(19-3)5-7-15/h4-7H,8-13,18H2,1-3H3. The summed E-state index contributed by atoms with van der Waals surface area (Å²) in [5, 5.41) is 0. The van der Waals surface area contributed by atoms with E-state index in [1.165, 1.54) is 12.8 Å². The van der Waals surface area contributed by atoms with Crippen molar-refractivity contribution < 1.29 is 9.47 Å². The van der Waals surface area contributed by atoms with Crippen LogP contribution in [-0.4, -0.2) is 19.3 Å². The van der Waals surface area contributed by atoms with Crippen LogP contribution in [0.1, 0.15) is 46.0 Å². The van der Waals surface area contributed by atoms with Crippen molar-refractivity contribution in [2.45, 2.75) is 51.5 Å². The van der Waals surface area contributed by atoms with Gasteiger partial charge in [-0.2, -0.15) is 0 Å². The Morgan fingerprint density at radius 2 is 1.55 bits per heavy atom. The Hall–Kier alpha value is -1.22. The fourth-order valence-electron chi connectivity index (χ4n) is 2.72. The van der Waals surface area contributed by atoms with Crippen molar-refractivity contribution in [2.24, 2.45) is 11.1 Å². The first kappa shape index (κ1) is 15.2. The molecule has 0 spiro atoms. The zero-order chi connectivity index (χ0) is 14.6. The fraction of sp³-hybridized carbons (Fsp3) is 0.647. The second-order valence-corrected chi connectivity index (χ2v) is 6.80. The van der Waals surface area contributed by atoms with E-state index >= 15 is 0 Å². The quantitative estimate of drug-likeness (QED) is 0.891. The highest BCUT2D eigenvalue weighted by Gasteiger charge is 2.34. The van der Waals surface area contributed by atoms with Crippen LogP contribution >= 0.6 is 0 Å². The minimum absolute atomic E-state index is 0.0397. The van der Waals surface area contributed by atoms with E-state index < -0.39 is 0 Å². The molecule has 0 heterocycles. The van der Waals surface area contributed by atoms with Gasteiger partial charge in [0.25, 0.3) is 0 Å². The van der Waals surface area contributed by atoms with Crippen LogP contribution in [0.4, 0.5) is 0 Å². The van der Waals surface area contributed by atoms with Gasteiger partial charge < -0.3 is 15.2 Å². The van der Waals surface area contributed by atoms with E-state index in [1.807, 2.05) is 24.3 Å². The van der Waals surface area contributed by atoms with Crippen molar-refractivity contribution >= 4 is 0 Å². The largest absolute Gasteiger partial charge is 0.497 e. The minimum Gasteiger partial charge on any atom is -0.497 e. The van der Waals surface area contributed by atoms with E-state index in [4.69, 9.17) is 15.2 Å². The molecule has 3 nitrogen and oxygen atoms in total. The van der Waals surface area contributed by atoms with Gasteiger partial charge in [-0.05, 0) is 61.8 Å². The molecule has 2 rings (SSSR count). The topological polar surface area (TPSA) is 44.5 Å².